The molecule has 6 nitrogen and oxygen atoms in total. The van der Waals surface area contributed by atoms with E-state index >= 15 is 0 Å². The average molecular weight is 226 g/mol. The highest BCUT2D eigenvalue weighted by atomic mass is 16.3. The number of aryl methyl sites for hydroxylation is 1. The number of rotatable bonds is 5. The van der Waals surface area contributed by atoms with E-state index in [1.165, 1.54) is 4.68 Å². The van der Waals surface area contributed by atoms with Crippen LogP contribution in [0.15, 0.2) is 6.20 Å². The molecular weight excluding hydrogens is 208 g/mol. The highest BCUT2D eigenvalue weighted by molar-refractivity contribution is 5.97. The SMILES string of the molecule is CC(CCCO)NC(=O)c1nn(C)cc1N. The number of anilines is 1. The van der Waals surface area contributed by atoms with Crippen LogP contribution in [0, 0.1) is 0 Å². The van der Waals surface area contributed by atoms with Crippen LogP contribution in [0.2, 0.25) is 0 Å². The molecule has 6 heteroatoms. The number of carbonyl (C=O) groups excluding carboxylic acids is 1. The third kappa shape index (κ3) is 3.23. The lowest BCUT2D eigenvalue weighted by Crippen LogP contribution is -2.33. The lowest BCUT2D eigenvalue weighted by Gasteiger charge is -2.12. The number of nitrogens with one attached hydrogen (secondary N) is 1. The molecule has 1 amide bonds. The number of aliphatic hydroxyl groups excluding tert-OH is 1. The number of hydrogen-bond donors (Lipinski definition) is 3. The third-order valence-electron chi connectivity index (χ3n) is 2.24. The first-order valence-electron chi connectivity index (χ1n) is 5.25. The lowest BCUT2D eigenvalue weighted by molar-refractivity contribution is 0.0931. The molecule has 0 saturated carbocycles. The highest BCUT2D eigenvalue weighted by Gasteiger charge is 2.15. The van der Waals surface area contributed by atoms with Crippen LogP contribution in [0.25, 0.3) is 0 Å². The fourth-order valence-corrected chi connectivity index (χ4v) is 1.45. The van der Waals surface area contributed by atoms with Crippen molar-refractivity contribution in [1.82, 2.24) is 15.1 Å². The summed E-state index contributed by atoms with van der Waals surface area (Å²) in [6.45, 7) is 2.01. The van der Waals surface area contributed by atoms with Gasteiger partial charge in [0.1, 0.15) is 0 Å². The van der Waals surface area contributed by atoms with Crippen LogP contribution >= 0.6 is 0 Å². The molecule has 0 bridgehead atoms. The topological polar surface area (TPSA) is 93.2 Å². The van der Waals surface area contributed by atoms with Crippen molar-refractivity contribution < 1.29 is 9.90 Å². The molecule has 0 aliphatic rings. The number of amides is 1. The van der Waals surface area contributed by atoms with Crippen molar-refractivity contribution in [3.8, 4) is 0 Å². The molecule has 1 aromatic rings. The van der Waals surface area contributed by atoms with Crippen molar-refractivity contribution in [3.63, 3.8) is 0 Å². The van der Waals surface area contributed by atoms with Gasteiger partial charge in [-0.05, 0) is 19.8 Å². The van der Waals surface area contributed by atoms with Crippen molar-refractivity contribution in [2.45, 2.75) is 25.8 Å². The Morgan fingerprint density at radius 2 is 2.44 bits per heavy atom. The molecule has 1 rings (SSSR count). The van der Waals surface area contributed by atoms with E-state index in [1.807, 2.05) is 6.92 Å². The normalized spacial score (nSPS) is 12.4. The molecule has 0 saturated heterocycles. The standard InChI is InChI=1S/C10H18N4O2/c1-7(4-3-5-15)12-10(16)9-8(11)6-14(2)13-9/h6-7,15H,3-5,11H2,1-2H3,(H,12,16). The molecule has 4 N–H and O–H groups in total. The second-order valence-corrected chi connectivity index (χ2v) is 3.85. The number of hydrogen-bond acceptors (Lipinski definition) is 4. The Morgan fingerprint density at radius 3 is 2.94 bits per heavy atom. The molecule has 16 heavy (non-hydrogen) atoms. The monoisotopic (exact) mass is 226 g/mol. The van der Waals surface area contributed by atoms with E-state index in [-0.39, 0.29) is 24.2 Å². The minimum Gasteiger partial charge on any atom is -0.396 e. The van der Waals surface area contributed by atoms with E-state index in [9.17, 15) is 4.79 Å². The summed E-state index contributed by atoms with van der Waals surface area (Å²) in [6, 6.07) is 0.000978. The first kappa shape index (κ1) is 12.5. The van der Waals surface area contributed by atoms with Crippen LogP contribution in [-0.2, 0) is 7.05 Å². The molecule has 0 aliphatic heterocycles. The third-order valence-corrected chi connectivity index (χ3v) is 2.24. The summed E-state index contributed by atoms with van der Waals surface area (Å²) >= 11 is 0. The number of aliphatic hydroxyl groups is 1. The number of aromatic nitrogens is 2. The zero-order chi connectivity index (χ0) is 12.1. The van der Waals surface area contributed by atoms with Gasteiger partial charge in [-0.25, -0.2) is 0 Å². The Bertz CT molecular complexity index is 362. The molecule has 0 aromatic carbocycles. The smallest absolute Gasteiger partial charge is 0.274 e. The summed E-state index contributed by atoms with van der Waals surface area (Å²) in [4.78, 5) is 11.7. The number of nitrogens with zero attached hydrogens (tertiary/aromatic N) is 2. The molecule has 1 aromatic heterocycles. The Morgan fingerprint density at radius 1 is 1.75 bits per heavy atom. The van der Waals surface area contributed by atoms with Gasteiger partial charge in [0.05, 0.1) is 5.69 Å². The minimum atomic E-state index is -0.275. The minimum absolute atomic E-state index is 0.000978. The molecule has 0 fully saturated rings. The van der Waals surface area contributed by atoms with Crippen molar-refractivity contribution in [1.29, 1.82) is 0 Å². The molecule has 1 atom stereocenters. The lowest BCUT2D eigenvalue weighted by atomic mass is 10.2. The average Bonchev–Trinajstić information content (AvgIpc) is 2.54. The Kier molecular flexibility index (Phi) is 4.30. The molecule has 1 heterocycles. The van der Waals surface area contributed by atoms with Crippen molar-refractivity contribution >= 4 is 11.6 Å². The largest absolute Gasteiger partial charge is 0.396 e. The van der Waals surface area contributed by atoms with E-state index in [4.69, 9.17) is 10.8 Å². The quantitative estimate of drug-likeness (QED) is 0.653. The van der Waals surface area contributed by atoms with E-state index in [0.717, 1.165) is 6.42 Å². The Hall–Kier alpha value is -1.56. The van der Waals surface area contributed by atoms with Gasteiger partial charge in [0, 0.05) is 25.9 Å². The first-order valence-corrected chi connectivity index (χ1v) is 5.25. The van der Waals surface area contributed by atoms with Crippen molar-refractivity contribution in [3.05, 3.63) is 11.9 Å². The number of nitrogen functional groups attached to an aromatic ring is 1. The van der Waals surface area contributed by atoms with Crippen LogP contribution in [-0.4, -0.2) is 33.4 Å². The summed E-state index contributed by atoms with van der Waals surface area (Å²) in [5.74, 6) is -0.275. The fraction of sp³-hybridized carbons (Fsp3) is 0.600. The van der Waals surface area contributed by atoms with Gasteiger partial charge in [0.25, 0.3) is 5.91 Å². The molecule has 0 radical (unpaired) electrons. The predicted molar refractivity (Wildman–Crippen MR) is 60.9 cm³/mol. The fourth-order valence-electron chi connectivity index (χ4n) is 1.45. The van der Waals surface area contributed by atoms with Gasteiger partial charge in [-0.2, -0.15) is 5.10 Å². The zero-order valence-electron chi connectivity index (χ0n) is 9.60. The van der Waals surface area contributed by atoms with Gasteiger partial charge in [-0.3, -0.25) is 9.48 Å². The summed E-state index contributed by atoms with van der Waals surface area (Å²) in [5.41, 5.74) is 6.25. The van der Waals surface area contributed by atoms with Crippen molar-refractivity contribution in [2.24, 2.45) is 7.05 Å². The number of carbonyl (C=O) groups is 1. The molecule has 90 valence electrons. The van der Waals surface area contributed by atoms with Crippen LogP contribution in [0.4, 0.5) is 5.69 Å². The van der Waals surface area contributed by atoms with Gasteiger partial charge in [-0.1, -0.05) is 0 Å². The first-order chi connectivity index (χ1) is 7.54. The van der Waals surface area contributed by atoms with Crippen LogP contribution in [0.3, 0.4) is 0 Å². The van der Waals surface area contributed by atoms with Gasteiger partial charge >= 0.3 is 0 Å². The maximum Gasteiger partial charge on any atom is 0.274 e. The Balaban J connectivity index is 2.55. The van der Waals surface area contributed by atoms with E-state index in [1.54, 1.807) is 13.2 Å². The van der Waals surface area contributed by atoms with E-state index in [0.29, 0.717) is 12.1 Å². The van der Waals surface area contributed by atoms with Crippen LogP contribution < -0.4 is 11.1 Å². The van der Waals surface area contributed by atoms with Gasteiger partial charge in [0.2, 0.25) is 0 Å². The van der Waals surface area contributed by atoms with Crippen LogP contribution in [0.5, 0.6) is 0 Å². The second kappa shape index (κ2) is 5.50. The molecule has 0 aliphatic carbocycles. The van der Waals surface area contributed by atoms with Crippen molar-refractivity contribution in [2.75, 3.05) is 12.3 Å². The summed E-state index contributed by atoms with van der Waals surface area (Å²) < 4.78 is 1.50. The summed E-state index contributed by atoms with van der Waals surface area (Å²) in [5, 5.41) is 15.4. The summed E-state index contributed by atoms with van der Waals surface area (Å²) in [7, 11) is 1.71. The highest BCUT2D eigenvalue weighted by Crippen LogP contribution is 2.08. The number of nitrogens with two attached hydrogens (primary N) is 1. The maximum absolute atomic E-state index is 11.7. The molecule has 0 spiro atoms. The second-order valence-electron chi connectivity index (χ2n) is 3.85. The predicted octanol–water partition coefficient (Wildman–Crippen LogP) is -0.107. The molecular formula is C10H18N4O2. The summed E-state index contributed by atoms with van der Waals surface area (Å²) in [6.07, 6.45) is 2.99. The maximum atomic E-state index is 11.7. The van der Waals surface area contributed by atoms with Gasteiger partial charge in [0.15, 0.2) is 5.69 Å². The van der Waals surface area contributed by atoms with Gasteiger partial charge in [-0.15, -0.1) is 0 Å². The van der Waals surface area contributed by atoms with Crippen LogP contribution in [0.1, 0.15) is 30.3 Å². The Labute approximate surface area is 94.4 Å². The van der Waals surface area contributed by atoms with Gasteiger partial charge < -0.3 is 16.2 Å². The zero-order valence-corrected chi connectivity index (χ0v) is 9.60. The van der Waals surface area contributed by atoms with E-state index < -0.39 is 0 Å². The molecule has 1 unspecified atom stereocenters. The van der Waals surface area contributed by atoms with E-state index in [2.05, 4.69) is 10.4 Å².